The first kappa shape index (κ1) is 19.8. The summed E-state index contributed by atoms with van der Waals surface area (Å²) in [6.07, 6.45) is 1.68. The van der Waals surface area contributed by atoms with E-state index >= 15 is 0 Å². The van der Waals surface area contributed by atoms with Crippen LogP contribution in [0.25, 0.3) is 0 Å². The summed E-state index contributed by atoms with van der Waals surface area (Å²) in [5.41, 5.74) is 0.140. The van der Waals surface area contributed by atoms with Crippen LogP contribution in [0.5, 0.6) is 0 Å². The molecule has 0 aliphatic carbocycles. The fourth-order valence-electron chi connectivity index (χ4n) is 2.18. The Labute approximate surface area is 152 Å². The van der Waals surface area contributed by atoms with Crippen molar-refractivity contribution >= 4 is 21.6 Å². The first-order chi connectivity index (χ1) is 12.3. The monoisotopic (exact) mass is 378 g/mol. The number of nitrogens with one attached hydrogen (secondary N) is 1. The standard InChI is InChI=1S/C17H22N4O4S/c1-4-5-11-21-16(22)10-9-15(19-21)17(23)18-13-7-6-8-14(12-13)26(24,25)20(2)3/h6-10,12H,4-5,11H2,1-3H3,(H,18,23). The van der Waals surface area contributed by atoms with Gasteiger partial charge in [0.15, 0.2) is 0 Å². The maximum Gasteiger partial charge on any atom is 0.276 e. The highest BCUT2D eigenvalue weighted by molar-refractivity contribution is 7.89. The fourth-order valence-corrected chi connectivity index (χ4v) is 3.13. The van der Waals surface area contributed by atoms with E-state index in [9.17, 15) is 18.0 Å². The molecule has 1 aromatic heterocycles. The molecular weight excluding hydrogens is 356 g/mol. The number of hydrogen-bond donors (Lipinski definition) is 1. The van der Waals surface area contributed by atoms with Crippen molar-refractivity contribution in [2.24, 2.45) is 0 Å². The second kappa shape index (κ2) is 8.24. The van der Waals surface area contributed by atoms with Crippen LogP contribution in [0.2, 0.25) is 0 Å². The van der Waals surface area contributed by atoms with Crippen molar-refractivity contribution in [3.05, 3.63) is 52.4 Å². The van der Waals surface area contributed by atoms with Crippen molar-refractivity contribution < 1.29 is 13.2 Å². The number of carbonyl (C=O) groups is 1. The quantitative estimate of drug-likeness (QED) is 0.788. The first-order valence-electron chi connectivity index (χ1n) is 8.18. The highest BCUT2D eigenvalue weighted by Gasteiger charge is 2.18. The minimum Gasteiger partial charge on any atom is -0.321 e. The molecule has 0 saturated carbocycles. The van der Waals surface area contributed by atoms with Gasteiger partial charge in [0.1, 0.15) is 5.69 Å². The molecule has 9 heteroatoms. The van der Waals surface area contributed by atoms with Gasteiger partial charge >= 0.3 is 0 Å². The van der Waals surface area contributed by atoms with Crippen LogP contribution in [-0.4, -0.2) is 42.5 Å². The molecule has 1 aromatic carbocycles. The maximum atomic E-state index is 12.4. The summed E-state index contributed by atoms with van der Waals surface area (Å²) in [4.78, 5) is 24.2. The minimum absolute atomic E-state index is 0.0705. The van der Waals surface area contributed by atoms with Crippen LogP contribution >= 0.6 is 0 Å². The van der Waals surface area contributed by atoms with E-state index in [0.717, 1.165) is 17.1 Å². The third-order valence-electron chi connectivity index (χ3n) is 3.69. The Morgan fingerprint density at radius 1 is 1.23 bits per heavy atom. The Morgan fingerprint density at radius 3 is 2.62 bits per heavy atom. The number of hydrogen-bond acceptors (Lipinski definition) is 5. The van der Waals surface area contributed by atoms with Crippen molar-refractivity contribution in [2.75, 3.05) is 19.4 Å². The number of anilines is 1. The Bertz CT molecular complexity index is 951. The molecule has 0 radical (unpaired) electrons. The van der Waals surface area contributed by atoms with Gasteiger partial charge in [0.25, 0.3) is 11.5 Å². The van der Waals surface area contributed by atoms with Gasteiger partial charge in [-0.05, 0) is 30.7 Å². The normalized spacial score (nSPS) is 11.5. The highest BCUT2D eigenvalue weighted by atomic mass is 32.2. The fraction of sp³-hybridized carbons (Fsp3) is 0.353. The van der Waals surface area contributed by atoms with Gasteiger partial charge < -0.3 is 5.32 Å². The van der Waals surface area contributed by atoms with Gasteiger partial charge in [-0.1, -0.05) is 19.4 Å². The number of benzene rings is 1. The van der Waals surface area contributed by atoms with E-state index in [4.69, 9.17) is 0 Å². The summed E-state index contributed by atoms with van der Waals surface area (Å²) >= 11 is 0. The van der Waals surface area contributed by atoms with Gasteiger partial charge in [-0.2, -0.15) is 5.10 Å². The van der Waals surface area contributed by atoms with Crippen LogP contribution in [0.15, 0.2) is 46.1 Å². The van der Waals surface area contributed by atoms with Crippen LogP contribution in [0.3, 0.4) is 0 Å². The molecule has 0 aliphatic heterocycles. The number of unbranched alkanes of at least 4 members (excludes halogenated alkanes) is 1. The zero-order valence-corrected chi connectivity index (χ0v) is 15.8. The predicted molar refractivity (Wildman–Crippen MR) is 98.7 cm³/mol. The Balaban J connectivity index is 2.24. The molecule has 1 amide bonds. The summed E-state index contributed by atoms with van der Waals surface area (Å²) in [6.45, 7) is 2.43. The minimum atomic E-state index is -3.60. The van der Waals surface area contributed by atoms with Gasteiger partial charge in [0.2, 0.25) is 10.0 Å². The zero-order valence-electron chi connectivity index (χ0n) is 15.0. The van der Waals surface area contributed by atoms with Crippen LogP contribution < -0.4 is 10.9 Å². The van der Waals surface area contributed by atoms with Crippen molar-refractivity contribution in [3.63, 3.8) is 0 Å². The molecule has 0 unspecified atom stereocenters. The third-order valence-corrected chi connectivity index (χ3v) is 5.50. The van der Waals surface area contributed by atoms with E-state index in [2.05, 4.69) is 10.4 Å². The molecule has 0 fully saturated rings. The number of nitrogens with zero attached hydrogens (tertiary/aromatic N) is 3. The summed E-state index contributed by atoms with van der Waals surface area (Å²) in [6, 6.07) is 8.60. The summed E-state index contributed by atoms with van der Waals surface area (Å²) < 4.78 is 26.7. The first-order valence-corrected chi connectivity index (χ1v) is 9.62. The molecule has 0 atom stereocenters. The Kier molecular flexibility index (Phi) is 6.27. The number of carbonyl (C=O) groups excluding carboxylic acids is 1. The highest BCUT2D eigenvalue weighted by Crippen LogP contribution is 2.18. The number of aromatic nitrogens is 2. The van der Waals surface area contributed by atoms with Gasteiger partial charge in [-0.25, -0.2) is 17.4 Å². The van der Waals surface area contributed by atoms with E-state index in [1.165, 1.54) is 43.0 Å². The molecule has 26 heavy (non-hydrogen) atoms. The molecule has 2 rings (SSSR count). The lowest BCUT2D eigenvalue weighted by Gasteiger charge is -2.12. The third kappa shape index (κ3) is 4.55. The Hall–Kier alpha value is -2.52. The van der Waals surface area contributed by atoms with Crippen LogP contribution in [0.1, 0.15) is 30.3 Å². The number of sulfonamides is 1. The van der Waals surface area contributed by atoms with E-state index in [-0.39, 0.29) is 16.1 Å². The largest absolute Gasteiger partial charge is 0.321 e. The molecular formula is C17H22N4O4S. The van der Waals surface area contributed by atoms with Crippen LogP contribution in [-0.2, 0) is 16.6 Å². The van der Waals surface area contributed by atoms with Gasteiger partial charge in [-0.3, -0.25) is 9.59 Å². The molecule has 1 N–H and O–H groups in total. The molecule has 0 aliphatic rings. The van der Waals surface area contributed by atoms with E-state index in [1.54, 1.807) is 12.1 Å². The maximum absolute atomic E-state index is 12.4. The SMILES string of the molecule is CCCCn1nc(C(=O)Nc2cccc(S(=O)(=O)N(C)C)c2)ccc1=O. The molecule has 2 aromatic rings. The van der Waals surface area contributed by atoms with Gasteiger partial charge in [0.05, 0.1) is 4.90 Å². The van der Waals surface area contributed by atoms with Crippen molar-refractivity contribution in [1.82, 2.24) is 14.1 Å². The molecule has 0 saturated heterocycles. The smallest absolute Gasteiger partial charge is 0.276 e. The Morgan fingerprint density at radius 2 is 1.96 bits per heavy atom. The molecule has 0 bridgehead atoms. The van der Waals surface area contributed by atoms with Crippen LogP contribution in [0, 0.1) is 0 Å². The summed E-state index contributed by atoms with van der Waals surface area (Å²) in [7, 11) is -0.732. The van der Waals surface area contributed by atoms with Crippen LogP contribution in [0.4, 0.5) is 5.69 Å². The van der Waals surface area contributed by atoms with Crippen molar-refractivity contribution in [3.8, 4) is 0 Å². The second-order valence-electron chi connectivity index (χ2n) is 5.90. The molecule has 1 heterocycles. The molecule has 0 spiro atoms. The average molecular weight is 378 g/mol. The van der Waals surface area contributed by atoms with E-state index < -0.39 is 15.9 Å². The van der Waals surface area contributed by atoms with Gasteiger partial charge in [-0.15, -0.1) is 0 Å². The van der Waals surface area contributed by atoms with Crippen molar-refractivity contribution in [1.29, 1.82) is 0 Å². The second-order valence-corrected chi connectivity index (χ2v) is 8.05. The average Bonchev–Trinajstić information content (AvgIpc) is 2.61. The lowest BCUT2D eigenvalue weighted by atomic mass is 10.3. The lowest BCUT2D eigenvalue weighted by Crippen LogP contribution is -2.26. The number of amides is 1. The lowest BCUT2D eigenvalue weighted by molar-refractivity contribution is 0.101. The van der Waals surface area contributed by atoms with E-state index in [0.29, 0.717) is 12.2 Å². The molecule has 140 valence electrons. The van der Waals surface area contributed by atoms with E-state index in [1.807, 2.05) is 6.92 Å². The summed E-state index contributed by atoms with van der Waals surface area (Å²) in [5, 5.41) is 6.68. The van der Waals surface area contributed by atoms with Crippen molar-refractivity contribution in [2.45, 2.75) is 31.2 Å². The molecule has 8 nitrogen and oxygen atoms in total. The summed E-state index contributed by atoms with van der Waals surface area (Å²) in [5.74, 6) is -0.519. The number of rotatable bonds is 7. The number of aryl methyl sites for hydroxylation is 1. The van der Waals surface area contributed by atoms with Gasteiger partial charge in [0, 0.05) is 32.4 Å². The predicted octanol–water partition coefficient (Wildman–Crippen LogP) is 1.55. The zero-order chi connectivity index (χ0) is 19.3. The topological polar surface area (TPSA) is 101 Å².